The van der Waals surface area contributed by atoms with E-state index in [-0.39, 0.29) is 5.92 Å². The van der Waals surface area contributed by atoms with Gasteiger partial charge in [0.2, 0.25) is 0 Å². The van der Waals surface area contributed by atoms with Crippen molar-refractivity contribution in [1.82, 2.24) is 0 Å². The number of allylic oxidation sites excluding steroid dienone is 1. The smallest absolute Gasteiger partial charge is 0.0576 e. The van der Waals surface area contributed by atoms with Crippen LogP contribution in [0.5, 0.6) is 0 Å². The first-order valence-corrected chi connectivity index (χ1v) is 3.75. The van der Waals surface area contributed by atoms with Crippen molar-refractivity contribution in [2.75, 3.05) is 0 Å². The van der Waals surface area contributed by atoms with Gasteiger partial charge in [0.25, 0.3) is 0 Å². The maximum absolute atomic E-state index is 7.50. The second kappa shape index (κ2) is 3.97. The number of hydrogen-bond donors (Lipinski definition) is 0. The van der Waals surface area contributed by atoms with Gasteiger partial charge in [-0.15, -0.1) is 6.58 Å². The van der Waals surface area contributed by atoms with Crippen molar-refractivity contribution in [1.29, 1.82) is 0 Å². The molecule has 0 fully saturated rings. The first-order chi connectivity index (χ1) is 6.25. The molecular weight excluding hydrogens is 132 g/mol. The van der Waals surface area contributed by atoms with E-state index in [1.807, 2.05) is 30.3 Å². The van der Waals surface area contributed by atoms with Gasteiger partial charge in [-0.2, -0.15) is 0 Å². The Hall–Kier alpha value is -1.04. The number of hydrogen-bond acceptors (Lipinski definition) is 0. The fourth-order valence-corrected chi connectivity index (χ4v) is 1.07. The lowest BCUT2D eigenvalue weighted by atomic mass is 9.97. The average molecular weight is 148 g/mol. The van der Waals surface area contributed by atoms with E-state index < -0.39 is 0 Å². The minimum atomic E-state index is 0.0266. The average Bonchev–Trinajstić information content (AvgIpc) is 2.15. The molecule has 0 spiro atoms. The van der Waals surface area contributed by atoms with Crippen molar-refractivity contribution in [3.8, 4) is 0 Å². The first-order valence-electron chi connectivity index (χ1n) is 4.96. The standard InChI is InChI=1S/C11H14/c1-3-10(4-2)11-8-6-5-7-9-11/h3,5-10H,1,4H2,2H3/i2D,3D. The van der Waals surface area contributed by atoms with Gasteiger partial charge < -0.3 is 0 Å². The SMILES string of the molecule is [2H]CCC(C([2H])=C)c1ccccc1. The van der Waals surface area contributed by atoms with Gasteiger partial charge in [-0.3, -0.25) is 0 Å². The van der Waals surface area contributed by atoms with Crippen molar-refractivity contribution >= 4 is 0 Å². The van der Waals surface area contributed by atoms with Crippen LogP contribution in [0.1, 0.15) is 27.5 Å². The van der Waals surface area contributed by atoms with Crippen molar-refractivity contribution in [3.05, 3.63) is 48.5 Å². The summed E-state index contributed by atoms with van der Waals surface area (Å²) in [6.07, 6.45) is 0.687. The van der Waals surface area contributed by atoms with Crippen molar-refractivity contribution in [2.45, 2.75) is 19.2 Å². The summed E-state index contributed by atoms with van der Waals surface area (Å²) in [7, 11) is 0. The van der Waals surface area contributed by atoms with Crippen LogP contribution in [0.3, 0.4) is 0 Å². The maximum Gasteiger partial charge on any atom is 0.0576 e. The van der Waals surface area contributed by atoms with Crippen molar-refractivity contribution in [3.63, 3.8) is 0 Å². The molecule has 0 saturated carbocycles. The van der Waals surface area contributed by atoms with Crippen LogP contribution in [0.15, 0.2) is 43.0 Å². The molecule has 1 rings (SSSR count). The fourth-order valence-electron chi connectivity index (χ4n) is 1.07. The van der Waals surface area contributed by atoms with E-state index in [9.17, 15) is 0 Å². The minimum Gasteiger partial charge on any atom is -0.102 e. The van der Waals surface area contributed by atoms with E-state index in [0.717, 1.165) is 5.56 Å². The highest BCUT2D eigenvalue weighted by molar-refractivity contribution is 5.22. The molecule has 0 aliphatic rings. The molecule has 58 valence electrons. The van der Waals surface area contributed by atoms with Gasteiger partial charge >= 0.3 is 0 Å². The molecule has 0 aromatic heterocycles. The van der Waals surface area contributed by atoms with Gasteiger partial charge in [0.05, 0.1) is 1.37 Å². The summed E-state index contributed by atoms with van der Waals surface area (Å²) >= 11 is 0. The Morgan fingerprint density at radius 3 is 2.91 bits per heavy atom. The quantitative estimate of drug-likeness (QED) is 0.576. The summed E-state index contributed by atoms with van der Waals surface area (Å²) in [5, 5.41) is 0. The summed E-state index contributed by atoms with van der Waals surface area (Å²) in [5.74, 6) is 0.0266. The lowest BCUT2D eigenvalue weighted by Crippen LogP contribution is -1.90. The third-order valence-corrected chi connectivity index (χ3v) is 1.74. The molecule has 0 aliphatic heterocycles. The van der Waals surface area contributed by atoms with Crippen LogP contribution in [0.2, 0.25) is 0 Å². The molecule has 1 aromatic rings. The van der Waals surface area contributed by atoms with E-state index in [0.29, 0.717) is 19.4 Å². The Kier molecular flexibility index (Phi) is 2.02. The Morgan fingerprint density at radius 2 is 2.36 bits per heavy atom. The van der Waals surface area contributed by atoms with E-state index in [4.69, 9.17) is 2.74 Å². The second-order valence-electron chi connectivity index (χ2n) is 2.46. The predicted octanol–water partition coefficient (Wildman–Crippen LogP) is 3.37. The molecule has 0 aliphatic carbocycles. The molecule has 0 nitrogen and oxygen atoms in total. The lowest BCUT2D eigenvalue weighted by molar-refractivity contribution is 0.807. The van der Waals surface area contributed by atoms with Crippen molar-refractivity contribution < 1.29 is 2.74 Å². The van der Waals surface area contributed by atoms with Gasteiger partial charge in [0.1, 0.15) is 0 Å². The Bertz CT molecular complexity index is 267. The zero-order valence-electron chi connectivity index (χ0n) is 8.59. The Labute approximate surface area is 71.4 Å². The van der Waals surface area contributed by atoms with Gasteiger partial charge in [0.15, 0.2) is 0 Å². The molecule has 0 amide bonds. The zero-order valence-corrected chi connectivity index (χ0v) is 6.59. The summed E-state index contributed by atoms with van der Waals surface area (Å²) in [6.45, 7) is 3.98. The molecule has 0 bridgehead atoms. The normalized spacial score (nSPS) is 14.9. The maximum atomic E-state index is 7.50. The van der Waals surface area contributed by atoms with Crippen LogP contribution in [0.25, 0.3) is 0 Å². The van der Waals surface area contributed by atoms with Crippen LogP contribution in [-0.2, 0) is 0 Å². The van der Waals surface area contributed by atoms with Crippen LogP contribution in [-0.4, -0.2) is 0 Å². The van der Waals surface area contributed by atoms with Crippen LogP contribution in [0, 0.1) is 0 Å². The highest BCUT2D eigenvalue weighted by Crippen LogP contribution is 2.19. The number of benzene rings is 1. The molecule has 0 saturated heterocycles. The summed E-state index contributed by atoms with van der Waals surface area (Å²) in [6, 6.07) is 10.2. The summed E-state index contributed by atoms with van der Waals surface area (Å²) < 4.78 is 14.6. The minimum absolute atomic E-state index is 0.0266. The first kappa shape index (κ1) is 5.59. The largest absolute Gasteiger partial charge is 0.102 e. The van der Waals surface area contributed by atoms with Crippen LogP contribution < -0.4 is 0 Å². The summed E-state index contributed by atoms with van der Waals surface area (Å²) in [5.41, 5.74) is 1.09. The highest BCUT2D eigenvalue weighted by Gasteiger charge is 2.01. The monoisotopic (exact) mass is 148 g/mol. The second-order valence-corrected chi connectivity index (χ2v) is 2.46. The third kappa shape index (κ3) is 1.94. The summed E-state index contributed by atoms with van der Waals surface area (Å²) in [4.78, 5) is 0. The fraction of sp³-hybridized carbons (Fsp3) is 0.273. The molecular formula is C11H14. The Balaban J connectivity index is 2.82. The van der Waals surface area contributed by atoms with Gasteiger partial charge in [-0.25, -0.2) is 0 Å². The molecule has 0 N–H and O–H groups in total. The molecule has 1 atom stereocenters. The lowest BCUT2D eigenvalue weighted by Gasteiger charge is -2.08. The van der Waals surface area contributed by atoms with Crippen LogP contribution in [0.4, 0.5) is 0 Å². The topological polar surface area (TPSA) is 0 Å². The van der Waals surface area contributed by atoms with Gasteiger partial charge in [0, 0.05) is 7.29 Å². The van der Waals surface area contributed by atoms with Gasteiger partial charge in [-0.05, 0) is 12.0 Å². The predicted molar refractivity (Wildman–Crippen MR) is 49.7 cm³/mol. The van der Waals surface area contributed by atoms with Crippen LogP contribution >= 0.6 is 0 Å². The van der Waals surface area contributed by atoms with E-state index in [1.165, 1.54) is 0 Å². The third-order valence-electron chi connectivity index (χ3n) is 1.74. The van der Waals surface area contributed by atoms with E-state index >= 15 is 0 Å². The molecule has 0 radical (unpaired) electrons. The molecule has 0 heterocycles. The number of rotatable bonds is 3. The Morgan fingerprint density at radius 1 is 1.64 bits per heavy atom. The zero-order chi connectivity index (χ0) is 9.68. The molecule has 11 heavy (non-hydrogen) atoms. The molecule has 1 aromatic carbocycles. The van der Waals surface area contributed by atoms with E-state index in [2.05, 4.69) is 6.58 Å². The molecule has 0 heteroatoms. The highest BCUT2D eigenvalue weighted by atomic mass is 14.1. The van der Waals surface area contributed by atoms with Gasteiger partial charge in [-0.1, -0.05) is 43.3 Å². The van der Waals surface area contributed by atoms with Crippen molar-refractivity contribution in [2.24, 2.45) is 0 Å². The molecule has 1 unspecified atom stereocenters. The van der Waals surface area contributed by atoms with E-state index in [1.54, 1.807) is 0 Å².